The van der Waals surface area contributed by atoms with E-state index >= 15 is 0 Å². The van der Waals surface area contributed by atoms with Crippen molar-refractivity contribution in [2.45, 2.75) is 19.3 Å². The van der Waals surface area contributed by atoms with E-state index in [0.29, 0.717) is 30.3 Å². The highest BCUT2D eigenvalue weighted by molar-refractivity contribution is 5.94. The lowest BCUT2D eigenvalue weighted by atomic mass is 9.99. The summed E-state index contributed by atoms with van der Waals surface area (Å²) in [6, 6.07) is 11.2. The van der Waals surface area contributed by atoms with Gasteiger partial charge in [0.1, 0.15) is 11.6 Å². The van der Waals surface area contributed by atoms with Crippen LogP contribution in [0.5, 0.6) is 0 Å². The maximum Gasteiger partial charge on any atom is 0.255 e. The van der Waals surface area contributed by atoms with Crippen LogP contribution in [0.3, 0.4) is 0 Å². The number of carbonyl (C=O) groups is 1. The van der Waals surface area contributed by atoms with Crippen LogP contribution in [0.1, 0.15) is 34.1 Å². The number of aromatic nitrogens is 3. The second-order valence-corrected chi connectivity index (χ2v) is 7.10. The number of hydrogen-bond donors (Lipinski definition) is 2. The summed E-state index contributed by atoms with van der Waals surface area (Å²) in [7, 11) is 0. The van der Waals surface area contributed by atoms with Crippen molar-refractivity contribution in [3.05, 3.63) is 65.7 Å². The van der Waals surface area contributed by atoms with Crippen molar-refractivity contribution >= 4 is 17.5 Å². The Balaban J connectivity index is 1.54. The summed E-state index contributed by atoms with van der Waals surface area (Å²) in [5.41, 5.74) is 15.9. The number of anilines is 2. The highest BCUT2D eigenvalue weighted by Crippen LogP contribution is 2.30. The first-order chi connectivity index (χ1) is 13.5. The van der Waals surface area contributed by atoms with Gasteiger partial charge in [0.25, 0.3) is 5.91 Å². The number of hydrogen-bond acceptors (Lipinski definition) is 6. The lowest BCUT2D eigenvalue weighted by Gasteiger charge is -2.17. The second-order valence-electron chi connectivity index (χ2n) is 7.10. The van der Waals surface area contributed by atoms with E-state index in [4.69, 9.17) is 16.5 Å². The zero-order valence-electron chi connectivity index (χ0n) is 15.7. The molecule has 1 atom stereocenters. The van der Waals surface area contributed by atoms with Gasteiger partial charge in [-0.15, -0.1) is 0 Å². The average Bonchev–Trinajstić information content (AvgIpc) is 3.18. The molecule has 0 bridgehead atoms. The minimum Gasteiger partial charge on any atom is -0.384 e. The number of nitrogen functional groups attached to an aromatic ring is 2. The van der Waals surface area contributed by atoms with Crippen LogP contribution in [0.25, 0.3) is 11.1 Å². The predicted molar refractivity (Wildman–Crippen MR) is 109 cm³/mol. The zero-order valence-corrected chi connectivity index (χ0v) is 15.7. The van der Waals surface area contributed by atoms with Gasteiger partial charge < -0.3 is 16.4 Å². The molecule has 0 aromatic carbocycles. The number of likely N-dealkylation sites (tertiary alicyclic amines) is 1. The lowest BCUT2D eigenvalue weighted by molar-refractivity contribution is 0.0790. The Kier molecular flexibility index (Phi) is 4.65. The van der Waals surface area contributed by atoms with Gasteiger partial charge in [-0.1, -0.05) is 0 Å². The Morgan fingerprint density at radius 3 is 2.46 bits per heavy atom. The molecule has 1 aliphatic rings. The fraction of sp³-hybridized carbons (Fsp3) is 0.238. The predicted octanol–water partition coefficient (Wildman–Crippen LogP) is 2.64. The van der Waals surface area contributed by atoms with E-state index in [0.717, 1.165) is 28.9 Å². The summed E-state index contributed by atoms with van der Waals surface area (Å²) >= 11 is 0. The SMILES string of the molecule is Cc1cc(-c2ccc(N)nc2)cc([C@H]2CCN(C(=O)c3ccc(N)nc3)C2)n1. The molecule has 7 nitrogen and oxygen atoms in total. The van der Waals surface area contributed by atoms with Crippen molar-refractivity contribution < 1.29 is 4.79 Å². The highest BCUT2D eigenvalue weighted by Gasteiger charge is 2.29. The van der Waals surface area contributed by atoms with Crippen LogP contribution in [-0.4, -0.2) is 38.8 Å². The van der Waals surface area contributed by atoms with Crippen molar-refractivity contribution in [3.8, 4) is 11.1 Å². The molecule has 0 radical (unpaired) electrons. The van der Waals surface area contributed by atoms with E-state index in [2.05, 4.69) is 16.0 Å². The number of rotatable bonds is 3. The van der Waals surface area contributed by atoms with Gasteiger partial charge in [-0.2, -0.15) is 0 Å². The molecule has 4 rings (SSSR count). The van der Waals surface area contributed by atoms with E-state index in [1.807, 2.05) is 24.0 Å². The average molecular weight is 374 g/mol. The Bertz CT molecular complexity index is 1000. The molecule has 3 aromatic heterocycles. The van der Waals surface area contributed by atoms with E-state index in [1.165, 1.54) is 6.20 Å². The van der Waals surface area contributed by atoms with E-state index < -0.39 is 0 Å². The van der Waals surface area contributed by atoms with Crippen LogP contribution < -0.4 is 11.5 Å². The van der Waals surface area contributed by atoms with Gasteiger partial charge in [0.2, 0.25) is 0 Å². The van der Waals surface area contributed by atoms with Crippen LogP contribution in [0, 0.1) is 6.92 Å². The molecule has 0 spiro atoms. The minimum absolute atomic E-state index is 0.0226. The summed E-state index contributed by atoms with van der Waals surface area (Å²) in [5.74, 6) is 1.08. The molecule has 142 valence electrons. The molecule has 0 aliphatic carbocycles. The summed E-state index contributed by atoms with van der Waals surface area (Å²) in [6.45, 7) is 3.32. The largest absolute Gasteiger partial charge is 0.384 e. The normalized spacial score (nSPS) is 16.3. The first-order valence-corrected chi connectivity index (χ1v) is 9.21. The van der Waals surface area contributed by atoms with Crippen LogP contribution in [0.4, 0.5) is 11.6 Å². The molecular weight excluding hydrogens is 352 g/mol. The minimum atomic E-state index is -0.0226. The van der Waals surface area contributed by atoms with Crippen LogP contribution in [-0.2, 0) is 0 Å². The molecule has 1 amide bonds. The fourth-order valence-corrected chi connectivity index (χ4v) is 3.55. The molecule has 3 aromatic rings. The number of pyridine rings is 3. The fourth-order valence-electron chi connectivity index (χ4n) is 3.55. The van der Waals surface area contributed by atoms with Gasteiger partial charge in [0, 0.05) is 48.4 Å². The maximum atomic E-state index is 12.7. The van der Waals surface area contributed by atoms with E-state index in [-0.39, 0.29) is 11.8 Å². The molecule has 4 heterocycles. The van der Waals surface area contributed by atoms with E-state index in [1.54, 1.807) is 24.4 Å². The molecule has 0 unspecified atom stereocenters. The molecule has 1 saturated heterocycles. The molecular formula is C21H22N6O. The molecule has 28 heavy (non-hydrogen) atoms. The highest BCUT2D eigenvalue weighted by atomic mass is 16.2. The number of aryl methyl sites for hydroxylation is 1. The summed E-state index contributed by atoms with van der Waals surface area (Å²) < 4.78 is 0. The second kappa shape index (κ2) is 7.26. The van der Waals surface area contributed by atoms with Crippen molar-refractivity contribution in [2.75, 3.05) is 24.6 Å². The number of nitrogens with two attached hydrogens (primary N) is 2. The molecule has 1 fully saturated rings. The zero-order chi connectivity index (χ0) is 19.7. The van der Waals surface area contributed by atoms with Crippen molar-refractivity contribution in [3.63, 3.8) is 0 Å². The van der Waals surface area contributed by atoms with Crippen LogP contribution >= 0.6 is 0 Å². The van der Waals surface area contributed by atoms with Gasteiger partial charge >= 0.3 is 0 Å². The lowest BCUT2D eigenvalue weighted by Crippen LogP contribution is -2.28. The van der Waals surface area contributed by atoms with Gasteiger partial charge in [0.15, 0.2) is 0 Å². The molecule has 4 N–H and O–H groups in total. The molecule has 0 saturated carbocycles. The number of carbonyl (C=O) groups excluding carboxylic acids is 1. The third-order valence-corrected chi connectivity index (χ3v) is 5.02. The first kappa shape index (κ1) is 17.9. The van der Waals surface area contributed by atoms with Crippen molar-refractivity contribution in [1.82, 2.24) is 19.9 Å². The summed E-state index contributed by atoms with van der Waals surface area (Å²) in [4.78, 5) is 27.5. The maximum absolute atomic E-state index is 12.7. The van der Waals surface area contributed by atoms with E-state index in [9.17, 15) is 4.79 Å². The summed E-state index contributed by atoms with van der Waals surface area (Å²) in [5, 5.41) is 0. The first-order valence-electron chi connectivity index (χ1n) is 9.21. The van der Waals surface area contributed by atoms with Gasteiger partial charge in [-0.3, -0.25) is 9.78 Å². The smallest absolute Gasteiger partial charge is 0.255 e. The number of amides is 1. The Hall–Kier alpha value is -3.48. The molecule has 1 aliphatic heterocycles. The Labute approximate surface area is 163 Å². The van der Waals surface area contributed by atoms with Crippen LogP contribution in [0.2, 0.25) is 0 Å². The topological polar surface area (TPSA) is 111 Å². The monoisotopic (exact) mass is 374 g/mol. The third kappa shape index (κ3) is 3.64. The van der Waals surface area contributed by atoms with Crippen molar-refractivity contribution in [2.24, 2.45) is 0 Å². The van der Waals surface area contributed by atoms with Gasteiger partial charge in [-0.05, 0) is 55.3 Å². The Morgan fingerprint density at radius 2 is 1.79 bits per heavy atom. The Morgan fingerprint density at radius 1 is 1.04 bits per heavy atom. The van der Waals surface area contributed by atoms with Crippen LogP contribution in [0.15, 0.2) is 48.8 Å². The summed E-state index contributed by atoms with van der Waals surface area (Å²) in [6.07, 6.45) is 4.18. The van der Waals surface area contributed by atoms with Crippen molar-refractivity contribution in [1.29, 1.82) is 0 Å². The quantitative estimate of drug-likeness (QED) is 0.729. The molecule has 7 heteroatoms. The standard InChI is InChI=1S/C21H22N6O/c1-13-8-17(14-2-4-19(22)24-10-14)9-18(26-13)16-6-7-27(12-16)21(28)15-3-5-20(23)25-11-15/h2-5,8-11,16H,6-7,12H2,1H3,(H2,22,24)(H2,23,25)/t16-/m0/s1. The van der Waals surface area contributed by atoms with Gasteiger partial charge in [-0.25, -0.2) is 9.97 Å². The number of nitrogens with zero attached hydrogens (tertiary/aromatic N) is 4. The van der Waals surface area contributed by atoms with Gasteiger partial charge in [0.05, 0.1) is 5.56 Å². The third-order valence-electron chi connectivity index (χ3n) is 5.02.